The fourth-order valence-corrected chi connectivity index (χ4v) is 2.85. The molecule has 2 unspecified atom stereocenters. The topological polar surface area (TPSA) is 65.9 Å². The molecule has 0 radical (unpaired) electrons. The van der Waals surface area contributed by atoms with Gasteiger partial charge in [0.2, 0.25) is 0 Å². The van der Waals surface area contributed by atoms with E-state index in [0.717, 1.165) is 17.7 Å². The molecule has 0 fully saturated rings. The number of ether oxygens (including phenoxy) is 1. The van der Waals surface area contributed by atoms with Crippen LogP contribution in [0.1, 0.15) is 29.7 Å². The molecule has 2 atom stereocenters. The molecule has 0 saturated carbocycles. The van der Waals surface area contributed by atoms with Crippen molar-refractivity contribution < 1.29 is 14.2 Å². The minimum Gasteiger partial charge on any atom is -0.493 e. The summed E-state index contributed by atoms with van der Waals surface area (Å²) in [6, 6.07) is 13.8. The lowest BCUT2D eigenvalue weighted by Crippen LogP contribution is -2.42. The molecule has 0 amide bonds. The van der Waals surface area contributed by atoms with Gasteiger partial charge in [0.05, 0.1) is 18.8 Å². The van der Waals surface area contributed by atoms with Crippen molar-refractivity contribution in [1.82, 2.24) is 10.6 Å². The number of rotatable bonds is 4. The molecule has 5 nitrogen and oxygen atoms in total. The number of nitrogens with one attached hydrogen (secondary N) is 2. The van der Waals surface area contributed by atoms with Crippen molar-refractivity contribution >= 4 is 5.96 Å². The third-order valence-electron chi connectivity index (χ3n) is 4.21. The summed E-state index contributed by atoms with van der Waals surface area (Å²) in [6.07, 6.45) is 0.0826. The predicted octanol–water partition coefficient (Wildman–Crippen LogP) is 2.55. The van der Waals surface area contributed by atoms with Gasteiger partial charge in [0.25, 0.3) is 0 Å². The third kappa shape index (κ3) is 4.28. The van der Waals surface area contributed by atoms with Crippen LogP contribution in [0.15, 0.2) is 53.5 Å². The molecule has 0 bridgehead atoms. The molecular formula is C19H22FN3O2. The van der Waals surface area contributed by atoms with Crippen LogP contribution in [0, 0.1) is 5.82 Å². The van der Waals surface area contributed by atoms with Crippen LogP contribution in [-0.4, -0.2) is 31.3 Å². The molecule has 3 N–H and O–H groups in total. The summed E-state index contributed by atoms with van der Waals surface area (Å²) in [5.41, 5.74) is 1.75. The van der Waals surface area contributed by atoms with Crippen LogP contribution in [0.5, 0.6) is 5.75 Å². The number of hydrogen-bond donors (Lipinski definition) is 3. The molecule has 1 aliphatic rings. The van der Waals surface area contributed by atoms with E-state index in [0.29, 0.717) is 18.1 Å². The van der Waals surface area contributed by atoms with Crippen molar-refractivity contribution in [1.29, 1.82) is 0 Å². The number of benzene rings is 2. The van der Waals surface area contributed by atoms with Crippen molar-refractivity contribution in [2.45, 2.75) is 18.6 Å². The van der Waals surface area contributed by atoms with Crippen LogP contribution in [-0.2, 0) is 0 Å². The van der Waals surface area contributed by atoms with Gasteiger partial charge in [0, 0.05) is 25.6 Å². The molecular weight excluding hydrogens is 321 g/mol. The van der Waals surface area contributed by atoms with E-state index in [2.05, 4.69) is 15.6 Å². The molecule has 6 heteroatoms. The number of halogens is 1. The molecule has 3 rings (SSSR count). The average molecular weight is 343 g/mol. The van der Waals surface area contributed by atoms with Crippen molar-refractivity contribution in [3.05, 3.63) is 65.5 Å². The number of hydrogen-bond acceptors (Lipinski definition) is 3. The maximum absolute atomic E-state index is 13.0. The first kappa shape index (κ1) is 17.2. The van der Waals surface area contributed by atoms with Gasteiger partial charge in [-0.25, -0.2) is 4.39 Å². The van der Waals surface area contributed by atoms with Gasteiger partial charge in [-0.15, -0.1) is 0 Å². The van der Waals surface area contributed by atoms with E-state index in [4.69, 9.17) is 4.74 Å². The quantitative estimate of drug-likeness (QED) is 0.590. The van der Waals surface area contributed by atoms with E-state index in [1.54, 1.807) is 19.2 Å². The van der Waals surface area contributed by atoms with Gasteiger partial charge in [-0.2, -0.15) is 0 Å². The minimum absolute atomic E-state index is 0.0964. The van der Waals surface area contributed by atoms with E-state index < -0.39 is 6.10 Å². The second-order valence-corrected chi connectivity index (χ2v) is 5.89. The highest BCUT2D eigenvalue weighted by atomic mass is 19.1. The zero-order valence-corrected chi connectivity index (χ0v) is 14.1. The van der Waals surface area contributed by atoms with E-state index in [1.807, 2.05) is 24.3 Å². The van der Waals surface area contributed by atoms with E-state index in [-0.39, 0.29) is 18.4 Å². The summed E-state index contributed by atoms with van der Waals surface area (Å²) in [5, 5.41) is 16.7. The van der Waals surface area contributed by atoms with Crippen molar-refractivity contribution in [3.63, 3.8) is 0 Å². The highest BCUT2D eigenvalue weighted by Crippen LogP contribution is 2.31. The smallest absolute Gasteiger partial charge is 0.191 e. The lowest BCUT2D eigenvalue weighted by Gasteiger charge is -2.28. The summed E-state index contributed by atoms with van der Waals surface area (Å²) in [7, 11) is 1.69. The molecule has 2 aromatic carbocycles. The monoisotopic (exact) mass is 343 g/mol. The molecule has 0 spiro atoms. The SMILES string of the molecule is CN=C(NCC(O)c1ccc(F)cc1)NC1CCOc2ccccc21. The van der Waals surface area contributed by atoms with Crippen LogP contribution in [0.25, 0.3) is 0 Å². The van der Waals surface area contributed by atoms with Gasteiger partial charge in [-0.05, 0) is 23.8 Å². The molecule has 0 saturated heterocycles. The zero-order chi connectivity index (χ0) is 17.6. The molecule has 1 heterocycles. The van der Waals surface area contributed by atoms with Crippen LogP contribution < -0.4 is 15.4 Å². The second kappa shape index (κ2) is 7.98. The Morgan fingerprint density at radius 1 is 1.28 bits per heavy atom. The Hall–Kier alpha value is -2.60. The van der Waals surface area contributed by atoms with Crippen LogP contribution in [0.3, 0.4) is 0 Å². The number of para-hydroxylation sites is 1. The fourth-order valence-electron chi connectivity index (χ4n) is 2.85. The minimum atomic E-state index is -0.749. The molecule has 0 aromatic heterocycles. The summed E-state index contributed by atoms with van der Waals surface area (Å²) >= 11 is 0. The van der Waals surface area contributed by atoms with Crippen LogP contribution in [0.2, 0.25) is 0 Å². The summed E-state index contributed by atoms with van der Waals surface area (Å²) < 4.78 is 18.6. The largest absolute Gasteiger partial charge is 0.493 e. The van der Waals surface area contributed by atoms with Gasteiger partial charge >= 0.3 is 0 Å². The number of aliphatic hydroxyl groups is 1. The Labute approximate surface area is 146 Å². The summed E-state index contributed by atoms with van der Waals surface area (Å²) in [4.78, 5) is 4.22. The van der Waals surface area contributed by atoms with Gasteiger partial charge in [0.15, 0.2) is 5.96 Å². The number of aliphatic hydroxyl groups excluding tert-OH is 1. The first-order chi connectivity index (χ1) is 12.2. The predicted molar refractivity (Wildman–Crippen MR) is 95.2 cm³/mol. The normalized spacial score (nSPS) is 18.0. The number of guanidine groups is 1. The van der Waals surface area contributed by atoms with Gasteiger partial charge in [-0.1, -0.05) is 30.3 Å². The van der Waals surface area contributed by atoms with Crippen molar-refractivity contribution in [3.8, 4) is 5.75 Å². The Morgan fingerprint density at radius 2 is 2.04 bits per heavy atom. The molecule has 2 aromatic rings. The molecule has 0 aliphatic carbocycles. The maximum Gasteiger partial charge on any atom is 0.191 e. The van der Waals surface area contributed by atoms with Gasteiger partial charge < -0.3 is 20.5 Å². The van der Waals surface area contributed by atoms with Crippen molar-refractivity contribution in [2.75, 3.05) is 20.2 Å². The first-order valence-corrected chi connectivity index (χ1v) is 8.30. The first-order valence-electron chi connectivity index (χ1n) is 8.30. The fraction of sp³-hybridized carbons (Fsp3) is 0.316. The highest BCUT2D eigenvalue weighted by Gasteiger charge is 2.22. The highest BCUT2D eigenvalue weighted by molar-refractivity contribution is 5.80. The number of aliphatic imine (C=N–C) groups is 1. The van der Waals surface area contributed by atoms with Gasteiger partial charge in [-0.3, -0.25) is 4.99 Å². The third-order valence-corrected chi connectivity index (χ3v) is 4.21. The number of nitrogens with zero attached hydrogens (tertiary/aromatic N) is 1. The van der Waals surface area contributed by atoms with Crippen LogP contribution in [0.4, 0.5) is 4.39 Å². The summed E-state index contributed by atoms with van der Waals surface area (Å²) in [6.45, 7) is 0.917. The van der Waals surface area contributed by atoms with Crippen molar-refractivity contribution in [2.24, 2.45) is 4.99 Å². The Kier molecular flexibility index (Phi) is 5.50. The van der Waals surface area contributed by atoms with Crippen LogP contribution >= 0.6 is 0 Å². The van der Waals surface area contributed by atoms with E-state index in [9.17, 15) is 9.50 Å². The Morgan fingerprint density at radius 3 is 2.80 bits per heavy atom. The Bertz CT molecular complexity index is 734. The van der Waals surface area contributed by atoms with E-state index in [1.165, 1.54) is 12.1 Å². The lowest BCUT2D eigenvalue weighted by molar-refractivity contribution is 0.180. The molecule has 1 aliphatic heterocycles. The zero-order valence-electron chi connectivity index (χ0n) is 14.1. The average Bonchev–Trinajstić information content (AvgIpc) is 2.65. The standard InChI is InChI=1S/C19H22FN3O2/c1-21-19(22-12-17(24)13-6-8-14(20)9-7-13)23-16-10-11-25-18-5-3-2-4-15(16)18/h2-9,16-17,24H,10-12H2,1H3,(H2,21,22,23). The maximum atomic E-state index is 13.0. The molecule has 25 heavy (non-hydrogen) atoms. The summed E-state index contributed by atoms with van der Waals surface area (Å²) in [5.74, 6) is 1.16. The van der Waals surface area contributed by atoms with E-state index >= 15 is 0 Å². The second-order valence-electron chi connectivity index (χ2n) is 5.89. The Balaban J connectivity index is 1.60. The number of fused-ring (bicyclic) bond motifs is 1. The van der Waals surface area contributed by atoms with Gasteiger partial charge in [0.1, 0.15) is 11.6 Å². The lowest BCUT2D eigenvalue weighted by atomic mass is 10.0. The molecule has 132 valence electrons.